The van der Waals surface area contributed by atoms with Gasteiger partial charge in [-0.3, -0.25) is 15.8 Å². The highest BCUT2D eigenvalue weighted by atomic mass is 15.3. The van der Waals surface area contributed by atoms with Gasteiger partial charge in [0.2, 0.25) is 5.71 Å². The van der Waals surface area contributed by atoms with Crippen molar-refractivity contribution in [1.82, 2.24) is 4.98 Å². The Morgan fingerprint density at radius 1 is 1.12 bits per heavy atom. The normalized spacial score (nSPS) is 11.0. The van der Waals surface area contributed by atoms with E-state index in [-0.39, 0.29) is 11.5 Å². The van der Waals surface area contributed by atoms with Crippen molar-refractivity contribution in [3.63, 3.8) is 0 Å². The van der Waals surface area contributed by atoms with E-state index in [1.807, 2.05) is 54.7 Å². The number of hydrogen-bond donors (Lipinski definition) is 3. The van der Waals surface area contributed by atoms with Gasteiger partial charge in [-0.25, -0.2) is 0 Å². The number of nitrogens with zero attached hydrogens (tertiary/aromatic N) is 3. The average molecular weight is 314 g/mol. The molecule has 0 saturated carbocycles. The third-order valence-corrected chi connectivity index (χ3v) is 3.44. The number of amidine groups is 1. The Balaban J connectivity index is 1.92. The predicted octanol–water partition coefficient (Wildman–Crippen LogP) is 3.13. The standard InChI is InChI=1S/C18H14N6/c19-10-17(18(20)21)24-23-15-6-3-5-12(9-15)14-8-13-4-1-2-7-16(13)22-11-14/h1-9,11,23H,(H3,20,21)/b24-17+. The van der Waals surface area contributed by atoms with E-state index in [4.69, 9.17) is 16.4 Å². The van der Waals surface area contributed by atoms with Gasteiger partial charge in [-0.1, -0.05) is 30.3 Å². The highest BCUT2D eigenvalue weighted by molar-refractivity contribution is 6.45. The molecule has 3 aromatic rings. The minimum atomic E-state index is -0.375. The number of hydrogen-bond acceptors (Lipinski definition) is 5. The fraction of sp³-hybridized carbons (Fsp3) is 0. The Bertz CT molecular complexity index is 984. The van der Waals surface area contributed by atoms with Gasteiger partial charge in [-0.15, -0.1) is 0 Å². The number of nitriles is 1. The van der Waals surface area contributed by atoms with Crippen LogP contribution in [0.5, 0.6) is 0 Å². The third-order valence-electron chi connectivity index (χ3n) is 3.44. The van der Waals surface area contributed by atoms with Crippen molar-refractivity contribution in [1.29, 1.82) is 10.7 Å². The van der Waals surface area contributed by atoms with Crippen molar-refractivity contribution in [2.45, 2.75) is 0 Å². The van der Waals surface area contributed by atoms with Crippen LogP contribution in [0.15, 0.2) is 65.9 Å². The summed E-state index contributed by atoms with van der Waals surface area (Å²) in [7, 11) is 0. The van der Waals surface area contributed by atoms with Crippen LogP contribution in [-0.4, -0.2) is 16.5 Å². The Morgan fingerprint density at radius 3 is 2.75 bits per heavy atom. The molecule has 1 heterocycles. The first-order valence-electron chi connectivity index (χ1n) is 7.21. The second-order valence-corrected chi connectivity index (χ2v) is 5.10. The number of aromatic nitrogens is 1. The molecule has 0 aliphatic carbocycles. The van der Waals surface area contributed by atoms with Gasteiger partial charge >= 0.3 is 0 Å². The molecular formula is C18H14N6. The van der Waals surface area contributed by atoms with Crippen LogP contribution in [-0.2, 0) is 0 Å². The van der Waals surface area contributed by atoms with Gasteiger partial charge in [0.05, 0.1) is 11.2 Å². The molecule has 2 aromatic carbocycles. The van der Waals surface area contributed by atoms with E-state index < -0.39 is 0 Å². The highest BCUT2D eigenvalue weighted by Crippen LogP contribution is 2.25. The van der Waals surface area contributed by atoms with Crippen LogP contribution < -0.4 is 11.2 Å². The summed E-state index contributed by atoms with van der Waals surface area (Å²) in [4.78, 5) is 4.46. The molecule has 0 spiro atoms. The summed E-state index contributed by atoms with van der Waals surface area (Å²) in [6.45, 7) is 0. The predicted molar refractivity (Wildman–Crippen MR) is 95.8 cm³/mol. The topological polar surface area (TPSA) is 111 Å². The summed E-state index contributed by atoms with van der Waals surface area (Å²) in [6.07, 6.45) is 1.82. The molecule has 24 heavy (non-hydrogen) atoms. The molecule has 0 aliphatic heterocycles. The number of rotatable bonds is 4. The quantitative estimate of drug-likeness (QED) is 0.390. The maximum atomic E-state index is 8.86. The summed E-state index contributed by atoms with van der Waals surface area (Å²) >= 11 is 0. The van der Waals surface area contributed by atoms with E-state index in [1.54, 1.807) is 6.07 Å². The molecule has 0 aliphatic rings. The summed E-state index contributed by atoms with van der Waals surface area (Å²) in [5.41, 5.74) is 11.4. The zero-order valence-corrected chi connectivity index (χ0v) is 12.7. The van der Waals surface area contributed by atoms with Gasteiger partial charge in [0.25, 0.3) is 0 Å². The minimum Gasteiger partial charge on any atom is -0.382 e. The molecular weight excluding hydrogens is 300 g/mol. The fourth-order valence-corrected chi connectivity index (χ4v) is 2.26. The van der Waals surface area contributed by atoms with Crippen LogP contribution in [0.2, 0.25) is 0 Å². The lowest BCUT2D eigenvalue weighted by molar-refractivity contribution is 1.33. The number of nitrogens with two attached hydrogens (primary N) is 1. The minimum absolute atomic E-state index is 0.159. The maximum absolute atomic E-state index is 8.86. The SMILES string of the molecule is N#C/C(=N\Nc1cccc(-c2cnc3ccccc3c2)c1)C(=N)N. The lowest BCUT2D eigenvalue weighted by atomic mass is 10.0. The van der Waals surface area contributed by atoms with Crippen LogP contribution in [0.4, 0.5) is 5.69 Å². The molecule has 0 bridgehead atoms. The first kappa shape index (κ1) is 15.2. The van der Waals surface area contributed by atoms with Crippen LogP contribution in [0.25, 0.3) is 22.0 Å². The lowest BCUT2D eigenvalue weighted by Gasteiger charge is -2.06. The third kappa shape index (κ3) is 3.20. The Hall–Kier alpha value is -3.72. The Kier molecular flexibility index (Phi) is 4.17. The van der Waals surface area contributed by atoms with Gasteiger partial charge in [0, 0.05) is 17.1 Å². The van der Waals surface area contributed by atoms with E-state index in [0.29, 0.717) is 5.69 Å². The number of nitrogens with one attached hydrogen (secondary N) is 2. The zero-order valence-electron chi connectivity index (χ0n) is 12.7. The van der Waals surface area contributed by atoms with Gasteiger partial charge in [0.15, 0.2) is 5.84 Å². The first-order valence-corrected chi connectivity index (χ1v) is 7.21. The number of hydrazone groups is 1. The van der Waals surface area contributed by atoms with Gasteiger partial charge in [-0.2, -0.15) is 10.4 Å². The second kappa shape index (κ2) is 6.58. The highest BCUT2D eigenvalue weighted by Gasteiger charge is 2.03. The second-order valence-electron chi connectivity index (χ2n) is 5.10. The van der Waals surface area contributed by atoms with Gasteiger partial charge in [-0.05, 0) is 29.8 Å². The van der Waals surface area contributed by atoms with Gasteiger partial charge in [0.1, 0.15) is 6.07 Å². The van der Waals surface area contributed by atoms with E-state index in [9.17, 15) is 0 Å². The van der Waals surface area contributed by atoms with Crippen LogP contribution in [0, 0.1) is 16.7 Å². The van der Waals surface area contributed by atoms with E-state index in [1.165, 1.54) is 0 Å². The number of anilines is 1. The summed E-state index contributed by atoms with van der Waals surface area (Å²) in [6, 6.07) is 19.3. The molecule has 0 radical (unpaired) electrons. The number of benzene rings is 2. The molecule has 0 saturated heterocycles. The molecule has 0 amide bonds. The molecule has 6 heteroatoms. The van der Waals surface area contributed by atoms with Crippen LogP contribution in [0.1, 0.15) is 0 Å². The van der Waals surface area contributed by atoms with Gasteiger partial charge < -0.3 is 5.73 Å². The molecule has 0 fully saturated rings. The monoisotopic (exact) mass is 314 g/mol. The van der Waals surface area contributed by atoms with E-state index in [2.05, 4.69) is 21.6 Å². The first-order chi connectivity index (χ1) is 11.7. The molecule has 3 rings (SSSR count). The van der Waals surface area contributed by atoms with Crippen molar-refractivity contribution < 1.29 is 0 Å². The molecule has 116 valence electrons. The number of fused-ring (bicyclic) bond motifs is 1. The molecule has 1 aromatic heterocycles. The summed E-state index contributed by atoms with van der Waals surface area (Å²) < 4.78 is 0. The van der Waals surface area contributed by atoms with Crippen molar-refractivity contribution in [2.75, 3.05) is 5.43 Å². The Morgan fingerprint density at radius 2 is 1.96 bits per heavy atom. The molecule has 0 atom stereocenters. The van der Waals surface area contributed by atoms with Crippen molar-refractivity contribution >= 4 is 28.1 Å². The number of para-hydroxylation sites is 1. The van der Waals surface area contributed by atoms with Crippen LogP contribution in [0.3, 0.4) is 0 Å². The molecule has 6 nitrogen and oxygen atoms in total. The summed E-state index contributed by atoms with van der Waals surface area (Å²) in [5, 5.41) is 21.0. The maximum Gasteiger partial charge on any atom is 0.201 e. The van der Waals surface area contributed by atoms with Crippen molar-refractivity contribution in [2.24, 2.45) is 10.8 Å². The Labute approximate surface area is 138 Å². The fourth-order valence-electron chi connectivity index (χ4n) is 2.26. The summed E-state index contributed by atoms with van der Waals surface area (Å²) in [5.74, 6) is -0.375. The average Bonchev–Trinajstić information content (AvgIpc) is 2.62. The smallest absolute Gasteiger partial charge is 0.201 e. The van der Waals surface area contributed by atoms with E-state index in [0.717, 1.165) is 22.0 Å². The molecule has 0 unspecified atom stereocenters. The zero-order chi connectivity index (χ0) is 16.9. The molecule has 4 N–H and O–H groups in total. The largest absolute Gasteiger partial charge is 0.382 e. The number of pyridine rings is 1. The lowest BCUT2D eigenvalue weighted by Crippen LogP contribution is -2.21. The van der Waals surface area contributed by atoms with Crippen molar-refractivity contribution in [3.8, 4) is 17.2 Å². The van der Waals surface area contributed by atoms with Crippen molar-refractivity contribution in [3.05, 3.63) is 60.8 Å². The van der Waals surface area contributed by atoms with E-state index >= 15 is 0 Å². The van der Waals surface area contributed by atoms with Crippen LogP contribution >= 0.6 is 0 Å².